The fraction of sp³-hybridized carbons (Fsp3) is 0.778. The number of hydrogen-bond donors (Lipinski definition) is 3. The van der Waals surface area contributed by atoms with Crippen molar-refractivity contribution in [2.75, 3.05) is 0 Å². The van der Waals surface area contributed by atoms with Crippen LogP contribution in [0.4, 0.5) is 0 Å². The molecule has 0 rings (SSSR count). The maximum atomic E-state index is 10.3. The van der Waals surface area contributed by atoms with Gasteiger partial charge in [-0.05, 0) is 12.8 Å². The molecule has 158 valence electrons. The molecule has 0 aliphatic carbocycles. The Morgan fingerprint density at radius 1 is 0.750 bits per heavy atom. The van der Waals surface area contributed by atoms with Crippen LogP contribution in [0, 0.1) is 0 Å². The molecule has 0 aromatic heterocycles. The minimum absolute atomic E-state index is 0. The third kappa shape index (κ3) is 20.8. The monoisotopic (exact) mass is 454 g/mol. The molecule has 0 saturated heterocycles. The van der Waals surface area contributed by atoms with Crippen LogP contribution in [0.25, 0.3) is 0 Å². The van der Waals surface area contributed by atoms with Crippen LogP contribution in [-0.4, -0.2) is 44.8 Å². The van der Waals surface area contributed by atoms with Gasteiger partial charge in [-0.15, -0.1) is 0 Å². The zero-order valence-corrected chi connectivity index (χ0v) is 19.5. The fourth-order valence-corrected chi connectivity index (χ4v) is 2.28. The van der Waals surface area contributed by atoms with E-state index in [0.717, 1.165) is 12.8 Å². The molecule has 0 radical (unpaired) electrons. The van der Waals surface area contributed by atoms with E-state index in [2.05, 4.69) is 6.92 Å². The first kappa shape index (κ1) is 31.2. The Kier molecular flexibility index (Phi) is 20.9. The minimum atomic E-state index is -2.80. The maximum Gasteiger partial charge on any atom is 2.00 e. The van der Waals surface area contributed by atoms with E-state index in [1.807, 2.05) is 0 Å². The second-order valence-corrected chi connectivity index (χ2v) is 6.41. The molecule has 0 aromatic carbocycles. The molecule has 0 saturated carbocycles. The molecule has 28 heavy (non-hydrogen) atoms. The van der Waals surface area contributed by atoms with E-state index < -0.39 is 42.3 Å². The van der Waals surface area contributed by atoms with Crippen molar-refractivity contribution in [2.24, 2.45) is 0 Å². The molecular formula is C18H30O9Zn. The summed E-state index contributed by atoms with van der Waals surface area (Å²) >= 11 is 0. The summed E-state index contributed by atoms with van der Waals surface area (Å²) < 4.78 is 0. The van der Waals surface area contributed by atoms with Crippen molar-refractivity contribution < 1.29 is 64.2 Å². The number of aliphatic hydroxyl groups is 1. The van der Waals surface area contributed by atoms with Gasteiger partial charge in [-0.1, -0.05) is 58.3 Å². The first-order valence-corrected chi connectivity index (χ1v) is 9.12. The quantitative estimate of drug-likeness (QED) is 0.228. The van der Waals surface area contributed by atoms with Crippen LogP contribution < -0.4 is 10.2 Å². The van der Waals surface area contributed by atoms with Crippen LogP contribution in [-0.2, 0) is 38.7 Å². The van der Waals surface area contributed by atoms with Gasteiger partial charge in [0, 0.05) is 18.4 Å². The number of carbonyl (C=O) groups excluding carboxylic acids is 2. The smallest absolute Gasteiger partial charge is 0.550 e. The number of aliphatic carboxylic acids is 4. The topological polar surface area (TPSA) is 175 Å². The summed E-state index contributed by atoms with van der Waals surface area (Å²) in [6, 6.07) is 0. The first-order valence-electron chi connectivity index (χ1n) is 9.12. The van der Waals surface area contributed by atoms with Crippen LogP contribution in [0.15, 0.2) is 0 Å². The van der Waals surface area contributed by atoms with E-state index in [0.29, 0.717) is 0 Å². The summed E-state index contributed by atoms with van der Waals surface area (Å²) in [7, 11) is 0. The molecular weight excluding hydrogens is 426 g/mol. The molecule has 0 heterocycles. The minimum Gasteiger partial charge on any atom is -0.550 e. The Hall–Kier alpha value is -1.54. The third-order valence-corrected chi connectivity index (χ3v) is 3.76. The van der Waals surface area contributed by atoms with E-state index in [9.17, 15) is 29.4 Å². The first-order chi connectivity index (χ1) is 12.5. The van der Waals surface area contributed by atoms with Gasteiger partial charge in [0.05, 0.1) is 6.42 Å². The van der Waals surface area contributed by atoms with Crippen LogP contribution in [0.5, 0.6) is 0 Å². The number of carbonyl (C=O) groups is 4. The molecule has 0 bridgehead atoms. The predicted octanol–water partition coefficient (Wildman–Crippen LogP) is 0.0715. The second-order valence-electron chi connectivity index (χ2n) is 6.41. The number of hydrogen-bond acceptors (Lipinski definition) is 7. The molecule has 3 N–H and O–H groups in total. The van der Waals surface area contributed by atoms with E-state index in [-0.39, 0.29) is 25.9 Å². The predicted molar refractivity (Wildman–Crippen MR) is 91.3 cm³/mol. The Morgan fingerprint density at radius 3 is 1.50 bits per heavy atom. The molecule has 10 heteroatoms. The maximum absolute atomic E-state index is 10.3. The molecule has 0 amide bonds. The zero-order valence-electron chi connectivity index (χ0n) is 16.5. The van der Waals surface area contributed by atoms with Gasteiger partial charge >= 0.3 is 31.4 Å². The Labute approximate surface area is 177 Å². The number of carboxylic acid groups (broad SMARTS) is 4. The normalized spacial score (nSPS) is 11.9. The average molecular weight is 456 g/mol. The average Bonchev–Trinajstić information content (AvgIpc) is 2.52. The van der Waals surface area contributed by atoms with Crippen molar-refractivity contribution in [3.8, 4) is 0 Å². The van der Waals surface area contributed by atoms with Gasteiger partial charge in [-0.2, -0.15) is 0 Å². The van der Waals surface area contributed by atoms with Crippen molar-refractivity contribution in [3.05, 3.63) is 0 Å². The molecule has 0 spiro atoms. The summed E-state index contributed by atoms with van der Waals surface area (Å²) in [6.07, 6.45) is 8.72. The standard InChI is InChI=1S/C12H24O2.C6H8O7.Zn/c1-2-3-4-5-6-7-8-9-10-11-12(13)14;7-3(8)1-6(13,5(11)12)2-4(9)10;/h2-11H2,1H3,(H,13,14);13H,1-2H2,(H,7,8)(H,9,10)(H,11,12);/q;;+2/p-2. The fourth-order valence-electron chi connectivity index (χ4n) is 2.28. The van der Waals surface area contributed by atoms with Crippen molar-refractivity contribution >= 4 is 23.9 Å². The number of carboxylic acids is 4. The zero-order chi connectivity index (χ0) is 21.3. The van der Waals surface area contributed by atoms with Crippen molar-refractivity contribution in [3.63, 3.8) is 0 Å². The molecule has 0 aliphatic rings. The van der Waals surface area contributed by atoms with Gasteiger partial charge in [-0.3, -0.25) is 4.79 Å². The van der Waals surface area contributed by atoms with Gasteiger partial charge in [-0.25, -0.2) is 4.79 Å². The van der Waals surface area contributed by atoms with Crippen molar-refractivity contribution in [1.29, 1.82) is 0 Å². The Morgan fingerprint density at radius 2 is 1.18 bits per heavy atom. The van der Waals surface area contributed by atoms with Crippen LogP contribution >= 0.6 is 0 Å². The summed E-state index contributed by atoms with van der Waals surface area (Å²) in [5, 5.41) is 45.6. The Balaban J connectivity index is -0.000000432. The largest absolute Gasteiger partial charge is 2.00 e. The van der Waals surface area contributed by atoms with E-state index >= 15 is 0 Å². The van der Waals surface area contributed by atoms with Gasteiger partial charge in [0.2, 0.25) is 0 Å². The van der Waals surface area contributed by atoms with Crippen LogP contribution in [0.3, 0.4) is 0 Å². The molecule has 0 fully saturated rings. The molecule has 1 unspecified atom stereocenters. The summed E-state index contributed by atoms with van der Waals surface area (Å²) in [6.45, 7) is 2.22. The van der Waals surface area contributed by atoms with E-state index in [1.165, 1.54) is 44.9 Å². The number of unbranched alkanes of at least 4 members (excludes halogenated alkanes) is 8. The van der Waals surface area contributed by atoms with Crippen LogP contribution in [0.2, 0.25) is 0 Å². The summed E-state index contributed by atoms with van der Waals surface area (Å²) in [5.41, 5.74) is -2.80. The van der Waals surface area contributed by atoms with Crippen molar-refractivity contribution in [1.82, 2.24) is 0 Å². The van der Waals surface area contributed by atoms with Gasteiger partial charge in [0.1, 0.15) is 0 Å². The van der Waals surface area contributed by atoms with E-state index in [4.69, 9.17) is 15.3 Å². The Bertz CT molecular complexity index is 450. The van der Waals surface area contributed by atoms with Gasteiger partial charge < -0.3 is 35.1 Å². The summed E-state index contributed by atoms with van der Waals surface area (Å²) in [5.74, 6) is -6.25. The second kappa shape index (κ2) is 18.8. The molecule has 1 atom stereocenters. The summed E-state index contributed by atoms with van der Waals surface area (Å²) in [4.78, 5) is 40.4. The van der Waals surface area contributed by atoms with Gasteiger partial charge in [0.25, 0.3) is 0 Å². The van der Waals surface area contributed by atoms with E-state index in [1.54, 1.807) is 0 Å². The van der Waals surface area contributed by atoms with Crippen molar-refractivity contribution in [2.45, 2.75) is 89.6 Å². The van der Waals surface area contributed by atoms with Crippen LogP contribution in [0.1, 0.15) is 84.0 Å². The molecule has 0 aromatic rings. The SMILES string of the molecule is CCCCCCCCCCCC(=O)[O-].O=C([O-])CC(O)(CC(=O)O)C(=O)O.[Zn+2]. The number of rotatable bonds is 15. The molecule has 9 nitrogen and oxygen atoms in total. The van der Waals surface area contributed by atoms with Gasteiger partial charge in [0.15, 0.2) is 5.60 Å². The molecule has 0 aliphatic heterocycles. The third-order valence-electron chi connectivity index (χ3n) is 3.76.